The van der Waals surface area contributed by atoms with E-state index in [1.807, 2.05) is 13.8 Å². The van der Waals surface area contributed by atoms with Crippen molar-refractivity contribution in [3.05, 3.63) is 48.0 Å². The van der Waals surface area contributed by atoms with Crippen LogP contribution in [0.4, 0.5) is 4.39 Å². The van der Waals surface area contributed by atoms with E-state index in [-0.39, 0.29) is 35.6 Å². The molecule has 0 spiro atoms. The van der Waals surface area contributed by atoms with E-state index >= 15 is 0 Å². The van der Waals surface area contributed by atoms with Gasteiger partial charge in [0, 0.05) is 6.04 Å². The Morgan fingerprint density at radius 3 is 2.71 bits per heavy atom. The van der Waals surface area contributed by atoms with Crippen molar-refractivity contribution in [1.29, 1.82) is 0 Å². The Labute approximate surface area is 139 Å². The zero-order valence-corrected chi connectivity index (χ0v) is 13.7. The number of amides is 1. The van der Waals surface area contributed by atoms with Gasteiger partial charge in [-0.25, -0.2) is 9.18 Å². The number of hydrogen-bond acceptors (Lipinski definition) is 4. The topological polar surface area (TPSA) is 68.5 Å². The zero-order chi connectivity index (χ0) is 17.5. The Bertz CT molecular complexity index is 711. The summed E-state index contributed by atoms with van der Waals surface area (Å²) in [6.07, 6.45) is 1.80. The third-order valence-electron chi connectivity index (χ3n) is 3.41. The molecule has 0 aliphatic rings. The number of esters is 1. The van der Waals surface area contributed by atoms with Gasteiger partial charge in [0.2, 0.25) is 5.76 Å². The Morgan fingerprint density at radius 1 is 1.25 bits per heavy atom. The van der Waals surface area contributed by atoms with Crippen LogP contribution in [0.15, 0.2) is 40.8 Å². The maximum atomic E-state index is 13.7. The molecule has 0 aliphatic carbocycles. The summed E-state index contributed by atoms with van der Waals surface area (Å²) in [7, 11) is 0. The molecule has 1 heterocycles. The van der Waals surface area contributed by atoms with Gasteiger partial charge >= 0.3 is 5.97 Å². The van der Waals surface area contributed by atoms with Crippen molar-refractivity contribution in [3.8, 4) is 11.3 Å². The first-order chi connectivity index (χ1) is 11.5. The average molecular weight is 333 g/mol. The van der Waals surface area contributed by atoms with Crippen LogP contribution in [0.25, 0.3) is 11.3 Å². The maximum Gasteiger partial charge on any atom is 0.374 e. The highest BCUT2D eigenvalue weighted by Gasteiger charge is 2.17. The first kappa shape index (κ1) is 17.7. The number of ether oxygens (including phenoxy) is 1. The SMILES string of the molecule is CCCC(C)NC(=O)COC(=O)c1ccc(-c2ccccc2F)o1. The Morgan fingerprint density at radius 2 is 2.00 bits per heavy atom. The van der Waals surface area contributed by atoms with Gasteiger partial charge in [-0.3, -0.25) is 4.79 Å². The van der Waals surface area contributed by atoms with Crippen LogP contribution >= 0.6 is 0 Å². The van der Waals surface area contributed by atoms with E-state index in [4.69, 9.17) is 9.15 Å². The quantitative estimate of drug-likeness (QED) is 0.787. The van der Waals surface area contributed by atoms with Gasteiger partial charge in [-0.1, -0.05) is 25.5 Å². The molecule has 0 fully saturated rings. The second kappa shape index (κ2) is 8.29. The molecule has 6 heteroatoms. The lowest BCUT2D eigenvalue weighted by atomic mass is 10.1. The molecule has 24 heavy (non-hydrogen) atoms. The van der Waals surface area contributed by atoms with Crippen LogP contribution in [0.2, 0.25) is 0 Å². The van der Waals surface area contributed by atoms with Gasteiger partial charge in [-0.05, 0) is 37.6 Å². The van der Waals surface area contributed by atoms with E-state index in [0.29, 0.717) is 0 Å². The number of hydrogen-bond donors (Lipinski definition) is 1. The summed E-state index contributed by atoms with van der Waals surface area (Å²) in [4.78, 5) is 23.6. The molecule has 5 nitrogen and oxygen atoms in total. The van der Waals surface area contributed by atoms with Crippen LogP contribution in [0, 0.1) is 5.82 Å². The Balaban J connectivity index is 1.92. The molecular formula is C18H20FNO4. The van der Waals surface area contributed by atoms with E-state index in [0.717, 1.165) is 12.8 Å². The molecule has 1 aromatic heterocycles. The number of rotatable bonds is 7. The van der Waals surface area contributed by atoms with Crippen LogP contribution in [-0.2, 0) is 9.53 Å². The molecule has 128 valence electrons. The first-order valence-electron chi connectivity index (χ1n) is 7.82. The molecule has 0 saturated carbocycles. The fraction of sp³-hybridized carbons (Fsp3) is 0.333. The smallest absolute Gasteiger partial charge is 0.374 e. The minimum absolute atomic E-state index is 0.0254. The minimum atomic E-state index is -0.768. The van der Waals surface area contributed by atoms with Crippen LogP contribution in [0.5, 0.6) is 0 Å². The van der Waals surface area contributed by atoms with Crippen molar-refractivity contribution in [2.75, 3.05) is 6.61 Å². The van der Waals surface area contributed by atoms with Gasteiger partial charge in [0.1, 0.15) is 11.6 Å². The molecule has 2 rings (SSSR count). The van der Waals surface area contributed by atoms with Gasteiger partial charge in [-0.2, -0.15) is 0 Å². The second-order valence-electron chi connectivity index (χ2n) is 5.48. The highest BCUT2D eigenvalue weighted by Crippen LogP contribution is 2.25. The molecule has 1 N–H and O–H groups in total. The molecule has 1 aromatic carbocycles. The normalized spacial score (nSPS) is 11.8. The number of nitrogens with one attached hydrogen (secondary N) is 1. The molecule has 1 amide bonds. The molecule has 1 atom stereocenters. The second-order valence-corrected chi connectivity index (χ2v) is 5.48. The zero-order valence-electron chi connectivity index (χ0n) is 13.7. The van der Waals surface area contributed by atoms with Crippen LogP contribution in [0.1, 0.15) is 37.2 Å². The molecule has 1 unspecified atom stereocenters. The number of carbonyl (C=O) groups is 2. The summed E-state index contributed by atoms with van der Waals surface area (Å²) in [5.41, 5.74) is 0.252. The van der Waals surface area contributed by atoms with Gasteiger partial charge in [-0.15, -0.1) is 0 Å². The van der Waals surface area contributed by atoms with Crippen LogP contribution in [0.3, 0.4) is 0 Å². The molecule has 0 saturated heterocycles. The summed E-state index contributed by atoms with van der Waals surface area (Å²) in [5, 5.41) is 2.73. The molecule has 2 aromatic rings. The van der Waals surface area contributed by atoms with Crippen LogP contribution < -0.4 is 5.32 Å². The number of furan rings is 1. The van der Waals surface area contributed by atoms with E-state index < -0.39 is 11.8 Å². The summed E-state index contributed by atoms with van der Waals surface area (Å²) in [5.74, 6) is -1.44. The lowest BCUT2D eigenvalue weighted by molar-refractivity contribution is -0.124. The lowest BCUT2D eigenvalue weighted by Crippen LogP contribution is -2.35. The predicted molar refractivity (Wildman–Crippen MR) is 86.9 cm³/mol. The third kappa shape index (κ3) is 4.68. The number of halogens is 1. The summed E-state index contributed by atoms with van der Waals surface area (Å²) >= 11 is 0. The fourth-order valence-corrected chi connectivity index (χ4v) is 2.28. The van der Waals surface area contributed by atoms with Gasteiger partial charge in [0.15, 0.2) is 6.61 Å². The van der Waals surface area contributed by atoms with Crippen molar-refractivity contribution in [3.63, 3.8) is 0 Å². The van der Waals surface area contributed by atoms with Gasteiger partial charge < -0.3 is 14.5 Å². The fourth-order valence-electron chi connectivity index (χ4n) is 2.28. The first-order valence-corrected chi connectivity index (χ1v) is 7.82. The van der Waals surface area contributed by atoms with Gasteiger partial charge in [0.25, 0.3) is 5.91 Å². The van der Waals surface area contributed by atoms with E-state index in [1.165, 1.54) is 18.2 Å². The Hall–Kier alpha value is -2.63. The highest BCUT2D eigenvalue weighted by molar-refractivity contribution is 5.89. The van der Waals surface area contributed by atoms with Crippen molar-refractivity contribution < 1.29 is 23.1 Å². The molecular weight excluding hydrogens is 313 g/mol. The lowest BCUT2D eigenvalue weighted by Gasteiger charge is -2.12. The van der Waals surface area contributed by atoms with Crippen molar-refractivity contribution >= 4 is 11.9 Å². The maximum absolute atomic E-state index is 13.7. The number of carbonyl (C=O) groups excluding carboxylic acids is 2. The summed E-state index contributed by atoms with van der Waals surface area (Å²) in [6, 6.07) is 8.98. The minimum Gasteiger partial charge on any atom is -0.450 e. The summed E-state index contributed by atoms with van der Waals surface area (Å²) in [6.45, 7) is 3.52. The van der Waals surface area contributed by atoms with Crippen molar-refractivity contribution in [2.45, 2.75) is 32.7 Å². The monoisotopic (exact) mass is 333 g/mol. The molecule has 0 bridgehead atoms. The van der Waals surface area contributed by atoms with Gasteiger partial charge in [0.05, 0.1) is 5.56 Å². The highest BCUT2D eigenvalue weighted by atomic mass is 19.1. The number of benzene rings is 1. The largest absolute Gasteiger partial charge is 0.450 e. The van der Waals surface area contributed by atoms with Crippen molar-refractivity contribution in [2.24, 2.45) is 0 Å². The molecule has 0 aliphatic heterocycles. The standard InChI is InChI=1S/C18H20FNO4/c1-3-6-12(2)20-17(21)11-23-18(22)16-10-9-15(24-16)13-7-4-5-8-14(13)19/h4-5,7-10,12H,3,6,11H2,1-2H3,(H,20,21). The average Bonchev–Trinajstić information content (AvgIpc) is 3.03. The van der Waals surface area contributed by atoms with E-state index in [2.05, 4.69) is 5.32 Å². The van der Waals surface area contributed by atoms with E-state index in [1.54, 1.807) is 18.2 Å². The Kier molecular flexibility index (Phi) is 6.12. The van der Waals surface area contributed by atoms with Crippen LogP contribution in [-0.4, -0.2) is 24.5 Å². The molecule has 0 radical (unpaired) electrons. The third-order valence-corrected chi connectivity index (χ3v) is 3.41. The summed E-state index contributed by atoms with van der Waals surface area (Å²) < 4.78 is 23.9. The van der Waals surface area contributed by atoms with Crippen molar-refractivity contribution in [1.82, 2.24) is 5.32 Å². The predicted octanol–water partition coefficient (Wildman–Crippen LogP) is 3.55. The van der Waals surface area contributed by atoms with E-state index in [9.17, 15) is 14.0 Å².